The highest BCUT2D eigenvalue weighted by Crippen LogP contribution is 2.26. The molecule has 0 aliphatic carbocycles. The lowest BCUT2D eigenvalue weighted by molar-refractivity contribution is 0.447. The third-order valence-electron chi connectivity index (χ3n) is 2.48. The summed E-state index contributed by atoms with van der Waals surface area (Å²) < 4.78 is 36.3. The van der Waals surface area contributed by atoms with E-state index in [1.807, 2.05) is 0 Å². The van der Waals surface area contributed by atoms with Crippen molar-refractivity contribution in [3.63, 3.8) is 0 Å². The highest BCUT2D eigenvalue weighted by molar-refractivity contribution is 7.98. The molecule has 20 heavy (non-hydrogen) atoms. The molecule has 0 spiro atoms. The molecule has 0 atom stereocenters. The summed E-state index contributed by atoms with van der Waals surface area (Å²) in [5.74, 6) is -0.571. The van der Waals surface area contributed by atoms with Crippen LogP contribution in [-0.4, -0.2) is 10.2 Å². The SMILES string of the molecule is Fc1ccc(CSc2nnc(-c3ccco3)o2)cc1F. The summed E-state index contributed by atoms with van der Waals surface area (Å²) in [5, 5.41) is 8.02. The Balaban J connectivity index is 1.68. The van der Waals surface area contributed by atoms with Crippen LogP contribution in [0.15, 0.2) is 50.7 Å². The molecular weight excluding hydrogens is 286 g/mol. The minimum absolute atomic E-state index is 0.280. The molecule has 0 fully saturated rings. The Morgan fingerprint density at radius 3 is 2.75 bits per heavy atom. The number of thioether (sulfide) groups is 1. The van der Waals surface area contributed by atoms with Crippen molar-refractivity contribution >= 4 is 11.8 Å². The lowest BCUT2D eigenvalue weighted by Gasteiger charge is -1.99. The molecule has 1 aromatic carbocycles. The van der Waals surface area contributed by atoms with E-state index >= 15 is 0 Å². The number of hydrogen-bond acceptors (Lipinski definition) is 5. The van der Waals surface area contributed by atoms with Crippen LogP contribution in [0.2, 0.25) is 0 Å². The minimum Gasteiger partial charge on any atom is -0.459 e. The summed E-state index contributed by atoms with van der Waals surface area (Å²) in [4.78, 5) is 0. The maximum Gasteiger partial charge on any atom is 0.284 e. The lowest BCUT2D eigenvalue weighted by Crippen LogP contribution is -1.87. The van der Waals surface area contributed by atoms with E-state index in [1.165, 1.54) is 24.1 Å². The molecule has 0 unspecified atom stereocenters. The summed E-state index contributed by atoms with van der Waals surface area (Å²) in [6.07, 6.45) is 1.51. The van der Waals surface area contributed by atoms with Crippen LogP contribution < -0.4 is 0 Å². The summed E-state index contributed by atoms with van der Waals surface area (Å²) >= 11 is 1.24. The van der Waals surface area contributed by atoms with E-state index in [9.17, 15) is 8.78 Å². The molecule has 2 aromatic heterocycles. The predicted octanol–water partition coefficient (Wildman–Crippen LogP) is 3.90. The molecule has 0 bridgehead atoms. The molecule has 4 nitrogen and oxygen atoms in total. The second kappa shape index (κ2) is 5.46. The van der Waals surface area contributed by atoms with E-state index in [4.69, 9.17) is 8.83 Å². The monoisotopic (exact) mass is 294 g/mol. The second-order valence-electron chi connectivity index (χ2n) is 3.89. The first-order chi connectivity index (χ1) is 9.72. The van der Waals surface area contributed by atoms with Crippen LogP contribution in [0.1, 0.15) is 5.56 Å². The number of nitrogens with zero attached hydrogens (tertiary/aromatic N) is 2. The number of hydrogen-bond donors (Lipinski definition) is 0. The van der Waals surface area contributed by atoms with Gasteiger partial charge in [-0.1, -0.05) is 17.8 Å². The summed E-state index contributed by atoms with van der Waals surface area (Å²) in [6, 6.07) is 7.17. The fourth-order valence-corrected chi connectivity index (χ4v) is 2.25. The number of halogens is 2. The van der Waals surface area contributed by atoms with Crippen LogP contribution in [0.3, 0.4) is 0 Å². The van der Waals surface area contributed by atoms with Gasteiger partial charge in [0, 0.05) is 5.75 Å². The molecule has 0 aliphatic heterocycles. The summed E-state index contributed by atoms with van der Waals surface area (Å²) in [7, 11) is 0. The van der Waals surface area contributed by atoms with E-state index in [0.29, 0.717) is 22.3 Å². The standard InChI is InChI=1S/C13H8F2N2O2S/c14-9-4-3-8(6-10(9)15)7-20-13-17-16-12(19-13)11-2-1-5-18-11/h1-6H,7H2. The number of aromatic nitrogens is 2. The van der Waals surface area contributed by atoms with Crippen LogP contribution in [0.4, 0.5) is 8.78 Å². The van der Waals surface area contributed by atoms with Gasteiger partial charge in [-0.2, -0.15) is 0 Å². The molecule has 3 rings (SSSR count). The Bertz CT molecular complexity index is 713. The van der Waals surface area contributed by atoms with Gasteiger partial charge in [0.2, 0.25) is 0 Å². The molecule has 0 saturated heterocycles. The fourth-order valence-electron chi connectivity index (χ4n) is 1.54. The van der Waals surface area contributed by atoms with Gasteiger partial charge in [-0.25, -0.2) is 8.78 Å². The van der Waals surface area contributed by atoms with E-state index < -0.39 is 11.6 Å². The maximum absolute atomic E-state index is 13.0. The van der Waals surface area contributed by atoms with Gasteiger partial charge in [0.25, 0.3) is 11.1 Å². The first-order valence-electron chi connectivity index (χ1n) is 5.66. The largest absolute Gasteiger partial charge is 0.459 e. The highest BCUT2D eigenvalue weighted by Gasteiger charge is 2.11. The molecule has 0 aliphatic rings. The lowest BCUT2D eigenvalue weighted by atomic mass is 10.2. The molecule has 102 valence electrons. The number of benzene rings is 1. The van der Waals surface area contributed by atoms with Crippen LogP contribution >= 0.6 is 11.8 Å². The normalized spacial score (nSPS) is 10.9. The summed E-state index contributed by atoms with van der Waals surface area (Å²) in [6.45, 7) is 0. The molecule has 0 saturated carbocycles. The third-order valence-corrected chi connectivity index (χ3v) is 3.37. The first kappa shape index (κ1) is 12.9. The van der Waals surface area contributed by atoms with Crippen molar-refractivity contribution in [3.8, 4) is 11.7 Å². The Morgan fingerprint density at radius 2 is 2.00 bits per heavy atom. The zero-order chi connectivity index (χ0) is 13.9. The smallest absolute Gasteiger partial charge is 0.284 e. The molecule has 0 N–H and O–H groups in total. The zero-order valence-corrected chi connectivity index (χ0v) is 10.9. The van der Waals surface area contributed by atoms with Crippen LogP contribution in [0, 0.1) is 11.6 Å². The van der Waals surface area contributed by atoms with Crippen molar-refractivity contribution in [2.45, 2.75) is 11.0 Å². The van der Waals surface area contributed by atoms with Crippen molar-refractivity contribution in [1.29, 1.82) is 0 Å². The third kappa shape index (κ3) is 2.72. The Morgan fingerprint density at radius 1 is 1.10 bits per heavy atom. The van der Waals surface area contributed by atoms with E-state index in [0.717, 1.165) is 12.1 Å². The molecule has 0 amide bonds. The Kier molecular flexibility index (Phi) is 3.51. The summed E-state index contributed by atoms with van der Waals surface area (Å²) in [5.41, 5.74) is 0.631. The van der Waals surface area contributed by atoms with Crippen LogP contribution in [0.25, 0.3) is 11.7 Å². The van der Waals surface area contributed by atoms with Gasteiger partial charge < -0.3 is 8.83 Å². The van der Waals surface area contributed by atoms with Gasteiger partial charge in [0.05, 0.1) is 6.26 Å². The average Bonchev–Trinajstić information content (AvgIpc) is 3.09. The van der Waals surface area contributed by atoms with Crippen molar-refractivity contribution in [1.82, 2.24) is 10.2 Å². The number of furan rings is 1. The zero-order valence-electron chi connectivity index (χ0n) is 10.0. The van der Waals surface area contributed by atoms with Gasteiger partial charge in [-0.3, -0.25) is 0 Å². The molecule has 0 radical (unpaired) electrons. The molecule has 7 heteroatoms. The van der Waals surface area contributed by atoms with Crippen molar-refractivity contribution in [2.24, 2.45) is 0 Å². The van der Waals surface area contributed by atoms with Crippen LogP contribution in [0.5, 0.6) is 0 Å². The van der Waals surface area contributed by atoms with E-state index in [1.54, 1.807) is 12.1 Å². The second-order valence-corrected chi connectivity index (χ2v) is 4.81. The predicted molar refractivity (Wildman–Crippen MR) is 67.9 cm³/mol. The van der Waals surface area contributed by atoms with Crippen molar-refractivity contribution in [3.05, 3.63) is 53.8 Å². The van der Waals surface area contributed by atoms with Crippen molar-refractivity contribution < 1.29 is 17.6 Å². The molecule has 2 heterocycles. The first-order valence-corrected chi connectivity index (χ1v) is 6.65. The number of rotatable bonds is 4. The maximum atomic E-state index is 13.0. The van der Waals surface area contributed by atoms with Gasteiger partial charge in [-0.05, 0) is 29.8 Å². The van der Waals surface area contributed by atoms with E-state index in [-0.39, 0.29) is 5.89 Å². The average molecular weight is 294 g/mol. The molecule has 3 aromatic rings. The highest BCUT2D eigenvalue weighted by atomic mass is 32.2. The Hall–Kier alpha value is -2.15. The van der Waals surface area contributed by atoms with Gasteiger partial charge in [-0.15, -0.1) is 10.2 Å². The van der Waals surface area contributed by atoms with Crippen molar-refractivity contribution in [2.75, 3.05) is 0 Å². The Labute approximate surface area is 116 Å². The quantitative estimate of drug-likeness (QED) is 0.683. The van der Waals surface area contributed by atoms with Gasteiger partial charge in [0.1, 0.15) is 0 Å². The van der Waals surface area contributed by atoms with E-state index in [2.05, 4.69) is 10.2 Å². The fraction of sp³-hybridized carbons (Fsp3) is 0.0769. The minimum atomic E-state index is -0.870. The topological polar surface area (TPSA) is 52.1 Å². The van der Waals surface area contributed by atoms with Gasteiger partial charge >= 0.3 is 0 Å². The molecular formula is C13H8F2N2O2S. The van der Waals surface area contributed by atoms with Gasteiger partial charge in [0.15, 0.2) is 17.4 Å². The van der Waals surface area contributed by atoms with Crippen LogP contribution in [-0.2, 0) is 5.75 Å².